The Morgan fingerprint density at radius 3 is 2.00 bits per heavy atom. The molecule has 128 valence electrons. The van der Waals surface area contributed by atoms with Gasteiger partial charge in [-0.2, -0.15) is 0 Å². The molecular formula is C20H25O3P. The van der Waals surface area contributed by atoms with E-state index in [2.05, 4.69) is 49.4 Å². The first-order valence-electron chi connectivity index (χ1n) is 8.26. The Labute approximate surface area is 146 Å². The van der Waals surface area contributed by atoms with Gasteiger partial charge >= 0.3 is 8.60 Å². The molecule has 2 aromatic rings. The van der Waals surface area contributed by atoms with Crippen LogP contribution in [-0.4, -0.2) is 19.8 Å². The second kappa shape index (κ2) is 10.4. The van der Waals surface area contributed by atoms with Crippen LogP contribution < -0.4 is 0 Å². The van der Waals surface area contributed by atoms with Crippen molar-refractivity contribution in [3.63, 3.8) is 0 Å². The van der Waals surface area contributed by atoms with Crippen molar-refractivity contribution in [2.24, 2.45) is 0 Å². The van der Waals surface area contributed by atoms with Crippen LogP contribution in [0.4, 0.5) is 0 Å². The molecule has 4 heteroatoms. The standard InChI is InChI=1S/C20H25O3P/c1-4-21-24(22-5-2)23-16-15-20(18-9-7-6-8-10-18)19-13-11-17(3)12-14-19/h6-15H,4-5,16H2,1-3H3. The Balaban J connectivity index is 2.18. The lowest BCUT2D eigenvalue weighted by molar-refractivity contribution is 0.182. The molecule has 0 bridgehead atoms. The number of rotatable bonds is 9. The third-order valence-electron chi connectivity index (χ3n) is 3.38. The van der Waals surface area contributed by atoms with Crippen LogP contribution in [0.25, 0.3) is 5.57 Å². The minimum absolute atomic E-state index is 0.448. The molecule has 0 unspecified atom stereocenters. The van der Waals surface area contributed by atoms with Crippen molar-refractivity contribution in [3.8, 4) is 0 Å². The van der Waals surface area contributed by atoms with E-state index in [9.17, 15) is 0 Å². The molecule has 0 aliphatic rings. The zero-order valence-electron chi connectivity index (χ0n) is 14.6. The summed E-state index contributed by atoms with van der Waals surface area (Å²) in [5, 5.41) is 0. The number of hydrogen-bond acceptors (Lipinski definition) is 3. The molecular weight excluding hydrogens is 319 g/mol. The molecule has 0 saturated carbocycles. The van der Waals surface area contributed by atoms with Gasteiger partial charge in [-0.25, -0.2) is 0 Å². The van der Waals surface area contributed by atoms with Gasteiger partial charge in [0, 0.05) is 0 Å². The largest absolute Gasteiger partial charge is 0.332 e. The molecule has 0 N–H and O–H groups in total. The summed E-state index contributed by atoms with van der Waals surface area (Å²) < 4.78 is 16.7. The molecule has 2 rings (SSSR count). The summed E-state index contributed by atoms with van der Waals surface area (Å²) in [6.07, 6.45) is 2.09. The van der Waals surface area contributed by atoms with Gasteiger partial charge < -0.3 is 13.6 Å². The Bertz CT molecular complexity index is 617. The molecule has 0 spiro atoms. The van der Waals surface area contributed by atoms with Crippen molar-refractivity contribution in [2.75, 3.05) is 19.8 Å². The number of hydrogen-bond donors (Lipinski definition) is 0. The van der Waals surface area contributed by atoms with Crippen LogP contribution in [0.15, 0.2) is 60.7 Å². The first-order chi connectivity index (χ1) is 11.7. The Morgan fingerprint density at radius 1 is 0.833 bits per heavy atom. The quantitative estimate of drug-likeness (QED) is 0.543. The fourth-order valence-electron chi connectivity index (χ4n) is 2.26. The lowest BCUT2D eigenvalue weighted by atomic mass is 9.97. The molecule has 24 heavy (non-hydrogen) atoms. The minimum atomic E-state index is -1.28. The van der Waals surface area contributed by atoms with Gasteiger partial charge in [-0.1, -0.05) is 60.2 Å². The highest BCUT2D eigenvalue weighted by Gasteiger charge is 2.10. The monoisotopic (exact) mass is 344 g/mol. The van der Waals surface area contributed by atoms with E-state index in [4.69, 9.17) is 13.6 Å². The highest BCUT2D eigenvalue weighted by molar-refractivity contribution is 7.41. The van der Waals surface area contributed by atoms with Gasteiger partial charge in [-0.3, -0.25) is 0 Å². The Kier molecular flexibility index (Phi) is 8.14. The topological polar surface area (TPSA) is 27.7 Å². The maximum atomic E-state index is 5.76. The van der Waals surface area contributed by atoms with E-state index in [-0.39, 0.29) is 0 Å². The van der Waals surface area contributed by atoms with E-state index in [0.717, 1.165) is 5.57 Å². The lowest BCUT2D eigenvalue weighted by Crippen LogP contribution is -1.97. The number of benzene rings is 2. The van der Waals surface area contributed by atoms with Crippen LogP contribution in [0.1, 0.15) is 30.5 Å². The first kappa shape index (κ1) is 18.8. The van der Waals surface area contributed by atoms with Gasteiger partial charge in [0.05, 0.1) is 19.8 Å². The van der Waals surface area contributed by atoms with Crippen molar-refractivity contribution >= 4 is 14.2 Å². The second-order valence-electron chi connectivity index (χ2n) is 5.20. The average Bonchev–Trinajstić information content (AvgIpc) is 2.61. The first-order valence-corrected chi connectivity index (χ1v) is 9.35. The fourth-order valence-corrected chi connectivity index (χ4v) is 3.10. The van der Waals surface area contributed by atoms with Crippen LogP contribution in [0.5, 0.6) is 0 Å². The fraction of sp³-hybridized carbons (Fsp3) is 0.300. The zero-order chi connectivity index (χ0) is 17.2. The van der Waals surface area contributed by atoms with Crippen molar-refractivity contribution in [2.45, 2.75) is 20.8 Å². The molecule has 2 aromatic carbocycles. The maximum absolute atomic E-state index is 5.76. The summed E-state index contributed by atoms with van der Waals surface area (Å²) in [6, 6.07) is 18.9. The van der Waals surface area contributed by atoms with E-state index in [1.54, 1.807) is 0 Å². The van der Waals surface area contributed by atoms with Crippen LogP contribution in [-0.2, 0) is 13.6 Å². The molecule has 0 atom stereocenters. The van der Waals surface area contributed by atoms with Crippen LogP contribution in [0.2, 0.25) is 0 Å². The summed E-state index contributed by atoms with van der Waals surface area (Å²) in [6.45, 7) is 7.59. The van der Waals surface area contributed by atoms with Crippen molar-refractivity contribution in [3.05, 3.63) is 77.4 Å². The minimum Gasteiger partial charge on any atom is -0.313 e. The normalized spacial score (nSPS) is 11.9. The maximum Gasteiger partial charge on any atom is 0.332 e. The van der Waals surface area contributed by atoms with E-state index >= 15 is 0 Å². The smallest absolute Gasteiger partial charge is 0.313 e. The van der Waals surface area contributed by atoms with E-state index in [1.165, 1.54) is 16.7 Å². The SMILES string of the molecule is CCOP(OCC)OCC=C(c1ccccc1)c1ccc(C)cc1. The molecule has 3 nitrogen and oxygen atoms in total. The third kappa shape index (κ3) is 5.85. The third-order valence-corrected chi connectivity index (χ3v) is 4.68. The van der Waals surface area contributed by atoms with Crippen molar-refractivity contribution in [1.29, 1.82) is 0 Å². The van der Waals surface area contributed by atoms with Gasteiger partial charge in [0.1, 0.15) is 0 Å². The van der Waals surface area contributed by atoms with Crippen LogP contribution in [0.3, 0.4) is 0 Å². The highest BCUT2D eigenvalue weighted by Crippen LogP contribution is 2.39. The molecule has 0 aliphatic carbocycles. The summed E-state index contributed by atoms with van der Waals surface area (Å²) in [5.74, 6) is 0. The molecule has 0 amide bonds. The van der Waals surface area contributed by atoms with Crippen LogP contribution in [0, 0.1) is 6.92 Å². The molecule has 0 heterocycles. The van der Waals surface area contributed by atoms with Crippen molar-refractivity contribution in [1.82, 2.24) is 0 Å². The summed E-state index contributed by atoms with van der Waals surface area (Å²) in [4.78, 5) is 0. The zero-order valence-corrected chi connectivity index (χ0v) is 15.5. The second-order valence-corrected chi connectivity index (χ2v) is 6.43. The highest BCUT2D eigenvalue weighted by atomic mass is 31.2. The summed E-state index contributed by atoms with van der Waals surface area (Å²) in [7, 11) is -1.28. The summed E-state index contributed by atoms with van der Waals surface area (Å²) >= 11 is 0. The predicted molar refractivity (Wildman–Crippen MR) is 101 cm³/mol. The van der Waals surface area contributed by atoms with E-state index in [0.29, 0.717) is 19.8 Å². The van der Waals surface area contributed by atoms with Gasteiger partial charge in [0.15, 0.2) is 0 Å². The van der Waals surface area contributed by atoms with Gasteiger partial charge in [0.25, 0.3) is 0 Å². The van der Waals surface area contributed by atoms with Crippen LogP contribution >= 0.6 is 8.60 Å². The average molecular weight is 344 g/mol. The molecule has 0 fully saturated rings. The van der Waals surface area contributed by atoms with E-state index < -0.39 is 8.60 Å². The van der Waals surface area contributed by atoms with Gasteiger partial charge in [-0.15, -0.1) is 0 Å². The Hall–Kier alpha value is -1.51. The van der Waals surface area contributed by atoms with E-state index in [1.807, 2.05) is 32.0 Å². The number of aryl methyl sites for hydroxylation is 1. The summed E-state index contributed by atoms with van der Waals surface area (Å²) in [5.41, 5.74) is 4.74. The Morgan fingerprint density at radius 2 is 1.42 bits per heavy atom. The van der Waals surface area contributed by atoms with Gasteiger partial charge in [0.2, 0.25) is 0 Å². The molecule has 0 radical (unpaired) electrons. The molecule has 0 aliphatic heterocycles. The molecule has 0 saturated heterocycles. The van der Waals surface area contributed by atoms with Gasteiger partial charge in [-0.05, 0) is 43.5 Å². The lowest BCUT2D eigenvalue weighted by Gasteiger charge is -2.14. The predicted octanol–water partition coefficient (Wildman–Crippen LogP) is 5.74. The molecule has 0 aromatic heterocycles. The van der Waals surface area contributed by atoms with Crippen molar-refractivity contribution < 1.29 is 13.6 Å².